The van der Waals surface area contributed by atoms with E-state index in [4.69, 9.17) is 21.1 Å². The molecule has 36 heavy (non-hydrogen) atoms. The molecule has 0 saturated carbocycles. The summed E-state index contributed by atoms with van der Waals surface area (Å²) >= 11 is 7.16. The smallest absolute Gasteiger partial charge is 0.301 e. The van der Waals surface area contributed by atoms with Gasteiger partial charge in [-0.05, 0) is 54.1 Å². The van der Waals surface area contributed by atoms with Gasteiger partial charge in [-0.25, -0.2) is 9.37 Å². The molecule has 1 saturated heterocycles. The molecule has 6 rings (SSSR count). The Hall–Kier alpha value is -3.95. The van der Waals surface area contributed by atoms with Gasteiger partial charge in [0, 0.05) is 10.6 Å². The van der Waals surface area contributed by atoms with Gasteiger partial charge in [-0.3, -0.25) is 14.5 Å². The molecule has 1 atom stereocenters. The van der Waals surface area contributed by atoms with Crippen LogP contribution in [0.5, 0.6) is 11.5 Å². The molecule has 3 heterocycles. The molecule has 10 heteroatoms. The van der Waals surface area contributed by atoms with E-state index in [1.165, 1.54) is 23.1 Å². The second-order valence-electron chi connectivity index (χ2n) is 8.19. The first-order valence-electron chi connectivity index (χ1n) is 10.9. The molecule has 1 amide bonds. The quantitative estimate of drug-likeness (QED) is 0.217. The minimum absolute atomic E-state index is 0.107. The summed E-state index contributed by atoms with van der Waals surface area (Å²) in [6.45, 7) is 0.761. The van der Waals surface area contributed by atoms with Gasteiger partial charge in [-0.1, -0.05) is 35.1 Å². The first-order valence-corrected chi connectivity index (χ1v) is 12.1. The predicted octanol–water partition coefficient (Wildman–Crippen LogP) is 5.49. The third-order valence-corrected chi connectivity index (χ3v) is 7.26. The Labute approximate surface area is 213 Å². The average Bonchev–Trinajstić information content (AvgIpc) is 3.41. The number of halogens is 2. The summed E-state index contributed by atoms with van der Waals surface area (Å²) in [7, 11) is 0. The lowest BCUT2D eigenvalue weighted by molar-refractivity contribution is -0.132. The number of benzene rings is 3. The maximum absolute atomic E-state index is 13.8. The van der Waals surface area contributed by atoms with E-state index < -0.39 is 23.5 Å². The summed E-state index contributed by atoms with van der Waals surface area (Å²) in [5.74, 6) is -1.57. The van der Waals surface area contributed by atoms with E-state index in [1.807, 2.05) is 0 Å². The summed E-state index contributed by atoms with van der Waals surface area (Å²) in [5, 5.41) is 12.0. The van der Waals surface area contributed by atoms with Gasteiger partial charge < -0.3 is 14.6 Å². The maximum atomic E-state index is 13.8. The molecule has 1 aromatic heterocycles. The lowest BCUT2D eigenvalue weighted by Gasteiger charge is -2.23. The van der Waals surface area contributed by atoms with Crippen molar-refractivity contribution in [2.45, 2.75) is 6.04 Å². The molecule has 3 aromatic carbocycles. The zero-order chi connectivity index (χ0) is 25.0. The van der Waals surface area contributed by atoms with Gasteiger partial charge in [-0.15, -0.1) is 0 Å². The van der Waals surface area contributed by atoms with Gasteiger partial charge in [0.25, 0.3) is 5.78 Å². The zero-order valence-corrected chi connectivity index (χ0v) is 20.0. The van der Waals surface area contributed by atoms with E-state index in [-0.39, 0.29) is 16.5 Å². The van der Waals surface area contributed by atoms with E-state index in [0.29, 0.717) is 51.1 Å². The van der Waals surface area contributed by atoms with Gasteiger partial charge in [-0.2, -0.15) is 0 Å². The van der Waals surface area contributed by atoms with Crippen LogP contribution in [0.4, 0.5) is 9.52 Å². The fourth-order valence-electron chi connectivity index (χ4n) is 4.33. The molecule has 0 bridgehead atoms. The number of aromatic nitrogens is 1. The van der Waals surface area contributed by atoms with Crippen LogP contribution in [0.15, 0.2) is 66.2 Å². The average molecular weight is 523 g/mol. The summed E-state index contributed by atoms with van der Waals surface area (Å²) < 4.78 is 25.5. The standard InChI is InChI=1S/C26H16ClFN2O5S/c27-15-4-1-13(2-5-15)22-21(23(31)14-3-8-18-19(11-14)35-10-9-34-18)24(32)25(33)30(22)26-29-17-7-6-16(28)12-20(17)36-26/h1-8,11-12,22,31H,9-10H2. The number of carbonyl (C=O) groups is 2. The van der Waals surface area contributed by atoms with Gasteiger partial charge in [0.05, 0.1) is 21.8 Å². The minimum atomic E-state index is -0.985. The number of carbonyl (C=O) groups excluding carboxylic acids is 2. The number of Topliss-reactive ketones (excluding diaryl/α,β-unsaturated/α-hetero) is 1. The van der Waals surface area contributed by atoms with Crippen molar-refractivity contribution in [2.24, 2.45) is 0 Å². The van der Waals surface area contributed by atoms with E-state index in [2.05, 4.69) is 4.98 Å². The molecule has 4 aromatic rings. The molecule has 0 radical (unpaired) electrons. The van der Waals surface area contributed by atoms with Crippen LogP contribution in [0.3, 0.4) is 0 Å². The number of aliphatic hydroxyl groups is 1. The number of rotatable bonds is 3. The normalized spacial score (nSPS) is 18.7. The summed E-state index contributed by atoms with van der Waals surface area (Å²) in [6, 6.07) is 14.5. The number of anilines is 1. The summed E-state index contributed by atoms with van der Waals surface area (Å²) in [5.41, 5.74) is 1.22. The highest BCUT2D eigenvalue weighted by Crippen LogP contribution is 2.45. The van der Waals surface area contributed by atoms with Crippen molar-refractivity contribution in [1.29, 1.82) is 0 Å². The molecule has 1 N–H and O–H groups in total. The van der Waals surface area contributed by atoms with Crippen molar-refractivity contribution in [1.82, 2.24) is 4.98 Å². The first kappa shape index (κ1) is 22.5. The number of hydrogen-bond acceptors (Lipinski definition) is 7. The third kappa shape index (κ3) is 3.68. The molecular weight excluding hydrogens is 507 g/mol. The summed E-state index contributed by atoms with van der Waals surface area (Å²) in [6.07, 6.45) is 0. The fourth-order valence-corrected chi connectivity index (χ4v) is 5.47. The van der Waals surface area contributed by atoms with E-state index >= 15 is 0 Å². The largest absolute Gasteiger partial charge is 0.507 e. The molecule has 180 valence electrons. The predicted molar refractivity (Wildman–Crippen MR) is 133 cm³/mol. The number of amides is 1. The van der Waals surface area contributed by atoms with Crippen molar-refractivity contribution >= 4 is 55.7 Å². The Morgan fingerprint density at radius 1 is 1.03 bits per heavy atom. The SMILES string of the molecule is O=C1C(=O)N(c2nc3ccc(F)cc3s2)C(c2ccc(Cl)cc2)C1=C(O)c1ccc2c(c1)OCCO2. The molecule has 7 nitrogen and oxygen atoms in total. The second kappa shape index (κ2) is 8.61. The Kier molecular flexibility index (Phi) is 5.39. The second-order valence-corrected chi connectivity index (χ2v) is 9.63. The topological polar surface area (TPSA) is 89.0 Å². The van der Waals surface area contributed by atoms with Crippen molar-refractivity contribution in [3.8, 4) is 11.5 Å². The number of hydrogen-bond donors (Lipinski definition) is 1. The highest BCUT2D eigenvalue weighted by Gasteiger charge is 2.48. The lowest BCUT2D eigenvalue weighted by Crippen LogP contribution is -2.29. The molecule has 2 aliphatic rings. The number of aliphatic hydroxyl groups excluding tert-OH is 1. The number of nitrogens with zero attached hydrogens (tertiary/aromatic N) is 2. The number of fused-ring (bicyclic) bond motifs is 2. The molecule has 0 spiro atoms. The van der Waals surface area contributed by atoms with Crippen molar-refractivity contribution < 1.29 is 28.6 Å². The van der Waals surface area contributed by atoms with Crippen LogP contribution >= 0.6 is 22.9 Å². The third-order valence-electron chi connectivity index (χ3n) is 5.99. The highest BCUT2D eigenvalue weighted by molar-refractivity contribution is 7.22. The van der Waals surface area contributed by atoms with Crippen LogP contribution in [-0.2, 0) is 9.59 Å². The van der Waals surface area contributed by atoms with Crippen LogP contribution in [0.25, 0.3) is 16.0 Å². The molecule has 0 aliphatic carbocycles. The zero-order valence-electron chi connectivity index (χ0n) is 18.4. The van der Waals surface area contributed by atoms with E-state index in [1.54, 1.807) is 42.5 Å². The van der Waals surface area contributed by atoms with E-state index in [0.717, 1.165) is 11.3 Å². The first-order chi connectivity index (χ1) is 17.4. The molecule has 1 fully saturated rings. The van der Waals surface area contributed by atoms with Crippen LogP contribution in [0.2, 0.25) is 5.02 Å². The van der Waals surface area contributed by atoms with Crippen molar-refractivity contribution in [3.05, 3.63) is 88.2 Å². The van der Waals surface area contributed by atoms with Gasteiger partial charge in [0.15, 0.2) is 16.6 Å². The fraction of sp³-hybridized carbons (Fsp3) is 0.115. The van der Waals surface area contributed by atoms with Crippen molar-refractivity contribution in [3.63, 3.8) is 0 Å². The monoisotopic (exact) mass is 522 g/mol. The van der Waals surface area contributed by atoms with Crippen LogP contribution in [0.1, 0.15) is 17.2 Å². The molecular formula is C26H16ClFN2O5S. The van der Waals surface area contributed by atoms with Crippen molar-refractivity contribution in [2.75, 3.05) is 18.1 Å². The summed E-state index contributed by atoms with van der Waals surface area (Å²) in [4.78, 5) is 32.4. The van der Waals surface area contributed by atoms with Gasteiger partial charge in [0.2, 0.25) is 0 Å². The Morgan fingerprint density at radius 2 is 1.78 bits per heavy atom. The Bertz CT molecular complexity index is 1580. The van der Waals surface area contributed by atoms with Crippen LogP contribution in [0, 0.1) is 5.82 Å². The number of ketones is 1. The van der Waals surface area contributed by atoms with Crippen LogP contribution in [-0.4, -0.2) is 35.0 Å². The van der Waals surface area contributed by atoms with E-state index in [9.17, 15) is 19.1 Å². The maximum Gasteiger partial charge on any atom is 0.301 e. The lowest BCUT2D eigenvalue weighted by atomic mass is 9.95. The van der Waals surface area contributed by atoms with Gasteiger partial charge >= 0.3 is 5.91 Å². The number of ether oxygens (including phenoxy) is 2. The highest BCUT2D eigenvalue weighted by atomic mass is 35.5. The molecule has 2 aliphatic heterocycles. The van der Waals surface area contributed by atoms with Gasteiger partial charge in [0.1, 0.15) is 24.8 Å². The Morgan fingerprint density at radius 3 is 2.56 bits per heavy atom. The van der Waals surface area contributed by atoms with Crippen LogP contribution < -0.4 is 14.4 Å². The Balaban J connectivity index is 1.54. The number of thiazole rings is 1. The minimum Gasteiger partial charge on any atom is -0.507 e. The molecule has 1 unspecified atom stereocenters.